The van der Waals surface area contributed by atoms with Gasteiger partial charge in [-0.3, -0.25) is 14.9 Å². The third-order valence-corrected chi connectivity index (χ3v) is 2.84. The summed E-state index contributed by atoms with van der Waals surface area (Å²) in [6, 6.07) is 4.19. The molecule has 0 saturated carbocycles. The maximum atomic E-state index is 11.5. The van der Waals surface area contributed by atoms with Crippen molar-refractivity contribution in [3.8, 4) is 0 Å². The number of nitrogens with one attached hydrogen (secondary N) is 2. The molecule has 1 aromatic rings. The number of benzene rings is 1. The number of carbonyl (C=O) groups is 1. The minimum absolute atomic E-state index is 0.183. The maximum Gasteiger partial charge on any atom is 0.293 e. The summed E-state index contributed by atoms with van der Waals surface area (Å²) in [7, 11) is 2.94. The van der Waals surface area contributed by atoms with Gasteiger partial charge in [-0.25, -0.2) is 0 Å². The number of nitro benzene ring substituents is 1. The molecule has 3 N–H and O–H groups in total. The summed E-state index contributed by atoms with van der Waals surface area (Å²) in [5.74, 6) is -0.389. The molecule has 0 heterocycles. The Hall–Kier alpha value is -2.19. The SMILES string of the molecule is CNC(=O)c1ccc(NCCC(O)COC)c([N+](=O)[O-])c1. The molecule has 0 aliphatic rings. The minimum Gasteiger partial charge on any atom is -0.391 e. The first-order valence-corrected chi connectivity index (χ1v) is 6.41. The van der Waals surface area contributed by atoms with Gasteiger partial charge in [0.25, 0.3) is 11.6 Å². The summed E-state index contributed by atoms with van der Waals surface area (Å²) in [5.41, 5.74) is 0.337. The number of nitrogens with zero attached hydrogens (tertiary/aromatic N) is 1. The number of hydrogen-bond acceptors (Lipinski definition) is 6. The van der Waals surface area contributed by atoms with E-state index in [1.165, 1.54) is 32.4 Å². The normalized spacial score (nSPS) is 11.8. The monoisotopic (exact) mass is 297 g/mol. The van der Waals surface area contributed by atoms with E-state index in [9.17, 15) is 20.0 Å². The summed E-state index contributed by atoms with van der Waals surface area (Å²) in [6.07, 6.45) is -0.242. The van der Waals surface area contributed by atoms with Crippen molar-refractivity contribution in [2.45, 2.75) is 12.5 Å². The Labute approximate surface area is 122 Å². The van der Waals surface area contributed by atoms with E-state index in [4.69, 9.17) is 4.74 Å². The highest BCUT2D eigenvalue weighted by Gasteiger charge is 2.17. The third-order valence-electron chi connectivity index (χ3n) is 2.84. The molecular weight excluding hydrogens is 278 g/mol. The van der Waals surface area contributed by atoms with E-state index < -0.39 is 11.0 Å². The van der Waals surface area contributed by atoms with Crippen LogP contribution in [0.25, 0.3) is 0 Å². The number of ether oxygens (including phenoxy) is 1. The number of amides is 1. The lowest BCUT2D eigenvalue weighted by molar-refractivity contribution is -0.384. The van der Waals surface area contributed by atoms with Crippen molar-refractivity contribution in [2.24, 2.45) is 0 Å². The number of aliphatic hydroxyl groups is 1. The molecule has 1 amide bonds. The fourth-order valence-corrected chi connectivity index (χ4v) is 1.77. The molecule has 8 nitrogen and oxygen atoms in total. The second-order valence-electron chi connectivity index (χ2n) is 4.39. The Bertz CT molecular complexity index is 507. The average molecular weight is 297 g/mol. The number of hydrogen-bond donors (Lipinski definition) is 3. The molecule has 1 unspecified atom stereocenters. The van der Waals surface area contributed by atoms with Crippen LogP contribution in [0.5, 0.6) is 0 Å². The minimum atomic E-state index is -0.633. The van der Waals surface area contributed by atoms with Crippen molar-refractivity contribution in [3.05, 3.63) is 33.9 Å². The first kappa shape index (κ1) is 16.9. The Morgan fingerprint density at radius 3 is 2.81 bits per heavy atom. The molecule has 116 valence electrons. The second-order valence-corrected chi connectivity index (χ2v) is 4.39. The molecule has 1 atom stereocenters. The van der Waals surface area contributed by atoms with Crippen LogP contribution in [-0.4, -0.2) is 49.4 Å². The van der Waals surface area contributed by atoms with Crippen molar-refractivity contribution in [2.75, 3.05) is 32.6 Å². The van der Waals surface area contributed by atoms with Crippen LogP contribution in [0.2, 0.25) is 0 Å². The zero-order valence-corrected chi connectivity index (χ0v) is 12.0. The molecule has 0 radical (unpaired) electrons. The molecule has 0 aromatic heterocycles. The predicted molar refractivity (Wildman–Crippen MR) is 77.5 cm³/mol. The molecule has 0 bridgehead atoms. The van der Waals surface area contributed by atoms with Crippen LogP contribution in [0.1, 0.15) is 16.8 Å². The Morgan fingerprint density at radius 2 is 2.24 bits per heavy atom. The largest absolute Gasteiger partial charge is 0.391 e. The van der Waals surface area contributed by atoms with Crippen molar-refractivity contribution < 1.29 is 19.6 Å². The van der Waals surface area contributed by atoms with Gasteiger partial charge in [-0.15, -0.1) is 0 Å². The van der Waals surface area contributed by atoms with E-state index in [1.54, 1.807) is 0 Å². The number of rotatable bonds is 8. The van der Waals surface area contributed by atoms with Gasteiger partial charge >= 0.3 is 0 Å². The molecule has 8 heteroatoms. The van der Waals surface area contributed by atoms with Gasteiger partial charge in [0.05, 0.1) is 17.6 Å². The van der Waals surface area contributed by atoms with Gasteiger partial charge in [-0.2, -0.15) is 0 Å². The molecule has 0 aliphatic heterocycles. The fourth-order valence-electron chi connectivity index (χ4n) is 1.77. The highest BCUT2D eigenvalue weighted by atomic mass is 16.6. The molecule has 1 aromatic carbocycles. The van der Waals surface area contributed by atoms with Crippen LogP contribution in [-0.2, 0) is 4.74 Å². The van der Waals surface area contributed by atoms with Gasteiger partial charge in [-0.05, 0) is 18.6 Å². The number of anilines is 1. The first-order chi connectivity index (χ1) is 9.99. The van der Waals surface area contributed by atoms with Gasteiger partial charge in [-0.1, -0.05) is 0 Å². The molecule has 0 aliphatic carbocycles. The van der Waals surface area contributed by atoms with Crippen molar-refractivity contribution in [1.82, 2.24) is 5.32 Å². The van der Waals surface area contributed by atoms with Crippen LogP contribution < -0.4 is 10.6 Å². The summed E-state index contributed by atoms with van der Waals surface area (Å²) < 4.78 is 4.79. The standard InChI is InChI=1S/C13H19N3O5/c1-14-13(18)9-3-4-11(12(7-9)16(19)20)15-6-5-10(17)8-21-2/h3-4,7,10,15,17H,5-6,8H2,1-2H3,(H,14,18). The lowest BCUT2D eigenvalue weighted by Crippen LogP contribution is -2.19. The molecule has 0 spiro atoms. The number of nitro groups is 1. The van der Waals surface area contributed by atoms with Gasteiger partial charge in [0.15, 0.2) is 0 Å². The fraction of sp³-hybridized carbons (Fsp3) is 0.462. The molecule has 0 saturated heterocycles. The van der Waals surface area contributed by atoms with Crippen LogP contribution in [0, 0.1) is 10.1 Å². The van der Waals surface area contributed by atoms with Crippen LogP contribution in [0.15, 0.2) is 18.2 Å². The summed E-state index contributed by atoms with van der Waals surface area (Å²) in [4.78, 5) is 22.0. The van der Waals surface area contributed by atoms with Crippen LogP contribution >= 0.6 is 0 Å². The molecular formula is C13H19N3O5. The summed E-state index contributed by atoms with van der Waals surface area (Å²) in [5, 5.41) is 25.8. The van der Waals surface area contributed by atoms with Gasteiger partial charge < -0.3 is 20.5 Å². The number of carbonyl (C=O) groups excluding carboxylic acids is 1. The third kappa shape index (κ3) is 5.01. The van der Waals surface area contributed by atoms with Crippen LogP contribution in [0.3, 0.4) is 0 Å². The van der Waals surface area contributed by atoms with Crippen molar-refractivity contribution >= 4 is 17.3 Å². The predicted octanol–water partition coefficient (Wildman–Crippen LogP) is 0.764. The van der Waals surface area contributed by atoms with Crippen molar-refractivity contribution in [3.63, 3.8) is 0 Å². The smallest absolute Gasteiger partial charge is 0.293 e. The van der Waals surface area contributed by atoms with E-state index in [-0.39, 0.29) is 23.8 Å². The molecule has 21 heavy (non-hydrogen) atoms. The average Bonchev–Trinajstić information content (AvgIpc) is 2.46. The van der Waals surface area contributed by atoms with E-state index >= 15 is 0 Å². The van der Waals surface area contributed by atoms with Crippen molar-refractivity contribution in [1.29, 1.82) is 0 Å². The van der Waals surface area contributed by atoms with Crippen LogP contribution in [0.4, 0.5) is 11.4 Å². The van der Waals surface area contributed by atoms with E-state index in [2.05, 4.69) is 10.6 Å². The van der Waals surface area contributed by atoms with Gasteiger partial charge in [0, 0.05) is 32.3 Å². The highest BCUT2D eigenvalue weighted by molar-refractivity contribution is 5.95. The lowest BCUT2D eigenvalue weighted by Gasteiger charge is -2.11. The summed E-state index contributed by atoms with van der Waals surface area (Å²) >= 11 is 0. The van der Waals surface area contributed by atoms with E-state index in [1.807, 2.05) is 0 Å². The Balaban J connectivity index is 2.77. The molecule has 1 rings (SSSR count). The van der Waals surface area contributed by atoms with E-state index in [0.29, 0.717) is 18.7 Å². The first-order valence-electron chi connectivity index (χ1n) is 6.41. The number of methoxy groups -OCH3 is 1. The van der Waals surface area contributed by atoms with Gasteiger partial charge in [0.2, 0.25) is 0 Å². The zero-order chi connectivity index (χ0) is 15.8. The summed E-state index contributed by atoms with van der Waals surface area (Å²) in [6.45, 7) is 0.560. The van der Waals surface area contributed by atoms with E-state index in [0.717, 1.165) is 0 Å². The topological polar surface area (TPSA) is 114 Å². The Morgan fingerprint density at radius 1 is 1.52 bits per heavy atom. The maximum absolute atomic E-state index is 11.5. The number of aliphatic hydroxyl groups excluding tert-OH is 1. The molecule has 0 fully saturated rings. The zero-order valence-electron chi connectivity index (χ0n) is 12.0. The quantitative estimate of drug-likeness (QED) is 0.482. The Kier molecular flexibility index (Phi) is 6.57. The lowest BCUT2D eigenvalue weighted by atomic mass is 10.1. The highest BCUT2D eigenvalue weighted by Crippen LogP contribution is 2.25. The van der Waals surface area contributed by atoms with Gasteiger partial charge in [0.1, 0.15) is 5.69 Å². The second kappa shape index (κ2) is 8.18.